The van der Waals surface area contributed by atoms with E-state index in [-0.39, 0.29) is 12.0 Å². The third-order valence-electron chi connectivity index (χ3n) is 3.85. The second-order valence-corrected chi connectivity index (χ2v) is 5.26. The van der Waals surface area contributed by atoms with Crippen molar-refractivity contribution in [3.05, 3.63) is 0 Å². The smallest absolute Gasteiger partial charge is 0.251 e. The van der Waals surface area contributed by atoms with Gasteiger partial charge in [0.15, 0.2) is 0 Å². The molecule has 1 N–H and O–H groups in total. The fraction of sp³-hybridized carbons (Fsp3) is 0.923. The molecular weight excluding hydrogens is 216 g/mol. The zero-order valence-electron chi connectivity index (χ0n) is 10.8. The minimum Gasteiger partial charge on any atom is -0.368 e. The molecule has 2 aliphatic heterocycles. The Morgan fingerprint density at radius 3 is 2.94 bits per heavy atom. The molecule has 0 radical (unpaired) electrons. The van der Waals surface area contributed by atoms with Gasteiger partial charge in [-0.25, -0.2) is 0 Å². The van der Waals surface area contributed by atoms with Crippen molar-refractivity contribution in [3.63, 3.8) is 0 Å². The minimum atomic E-state index is -0.163. The van der Waals surface area contributed by atoms with E-state index in [1.807, 2.05) is 11.9 Å². The molecule has 4 heteroatoms. The summed E-state index contributed by atoms with van der Waals surface area (Å²) in [4.78, 5) is 13.9. The van der Waals surface area contributed by atoms with Crippen LogP contribution in [0.2, 0.25) is 0 Å². The molecule has 0 saturated carbocycles. The number of ether oxygens (including phenoxy) is 1. The van der Waals surface area contributed by atoms with Crippen LogP contribution in [0.5, 0.6) is 0 Å². The van der Waals surface area contributed by atoms with Crippen LogP contribution >= 0.6 is 0 Å². The normalized spacial score (nSPS) is 29.2. The standard InChI is InChI=1S/C13H24N2O2/c1-15(13(16)12-5-3-9-17-12)8-6-11-4-2-7-14-10-11/h11-12,14H,2-10H2,1H3. The SMILES string of the molecule is CN(CCC1CCCNC1)C(=O)C1CCCO1. The number of amides is 1. The Labute approximate surface area is 104 Å². The van der Waals surface area contributed by atoms with Crippen molar-refractivity contribution < 1.29 is 9.53 Å². The molecule has 2 atom stereocenters. The molecular formula is C13H24N2O2. The third kappa shape index (κ3) is 3.68. The van der Waals surface area contributed by atoms with Gasteiger partial charge in [-0.05, 0) is 51.1 Å². The van der Waals surface area contributed by atoms with E-state index in [0.717, 1.165) is 51.4 Å². The summed E-state index contributed by atoms with van der Waals surface area (Å²) in [6, 6.07) is 0. The van der Waals surface area contributed by atoms with Gasteiger partial charge in [-0.3, -0.25) is 4.79 Å². The Balaban J connectivity index is 1.68. The van der Waals surface area contributed by atoms with Crippen LogP contribution in [0.25, 0.3) is 0 Å². The molecule has 0 bridgehead atoms. The first kappa shape index (κ1) is 12.8. The van der Waals surface area contributed by atoms with Crippen LogP contribution in [0.15, 0.2) is 0 Å². The highest BCUT2D eigenvalue weighted by Crippen LogP contribution is 2.17. The molecule has 0 aliphatic carbocycles. The lowest BCUT2D eigenvalue weighted by Gasteiger charge is -2.26. The lowest BCUT2D eigenvalue weighted by atomic mass is 9.96. The zero-order valence-corrected chi connectivity index (χ0v) is 10.8. The number of carbonyl (C=O) groups excluding carboxylic acids is 1. The highest BCUT2D eigenvalue weighted by molar-refractivity contribution is 5.80. The van der Waals surface area contributed by atoms with E-state index in [2.05, 4.69) is 5.32 Å². The van der Waals surface area contributed by atoms with Crippen molar-refractivity contribution >= 4 is 5.91 Å². The average Bonchev–Trinajstić information content (AvgIpc) is 2.90. The van der Waals surface area contributed by atoms with E-state index < -0.39 is 0 Å². The van der Waals surface area contributed by atoms with Crippen LogP contribution < -0.4 is 5.32 Å². The summed E-state index contributed by atoms with van der Waals surface area (Å²) in [5.41, 5.74) is 0. The molecule has 2 aliphatic rings. The predicted molar refractivity (Wildman–Crippen MR) is 66.8 cm³/mol. The molecule has 0 aromatic carbocycles. The quantitative estimate of drug-likeness (QED) is 0.797. The van der Waals surface area contributed by atoms with E-state index >= 15 is 0 Å². The highest BCUT2D eigenvalue weighted by Gasteiger charge is 2.26. The van der Waals surface area contributed by atoms with Crippen LogP contribution in [0, 0.1) is 5.92 Å². The molecule has 2 unspecified atom stereocenters. The lowest BCUT2D eigenvalue weighted by molar-refractivity contribution is -0.139. The summed E-state index contributed by atoms with van der Waals surface area (Å²) in [6.07, 6.45) is 5.44. The molecule has 0 aromatic heterocycles. The van der Waals surface area contributed by atoms with Gasteiger partial charge in [-0.2, -0.15) is 0 Å². The van der Waals surface area contributed by atoms with E-state index in [1.54, 1.807) is 0 Å². The number of hydrogen-bond acceptors (Lipinski definition) is 3. The van der Waals surface area contributed by atoms with Crippen LogP contribution in [0.3, 0.4) is 0 Å². The Morgan fingerprint density at radius 2 is 2.29 bits per heavy atom. The van der Waals surface area contributed by atoms with Gasteiger partial charge in [0, 0.05) is 20.2 Å². The van der Waals surface area contributed by atoms with Gasteiger partial charge in [-0.1, -0.05) is 0 Å². The third-order valence-corrected chi connectivity index (χ3v) is 3.85. The Hall–Kier alpha value is -0.610. The molecule has 0 spiro atoms. The van der Waals surface area contributed by atoms with Crippen LogP contribution in [-0.2, 0) is 9.53 Å². The molecule has 1 amide bonds. The van der Waals surface area contributed by atoms with Crippen molar-refractivity contribution in [1.82, 2.24) is 10.2 Å². The molecule has 4 nitrogen and oxygen atoms in total. The van der Waals surface area contributed by atoms with Gasteiger partial charge in [0.05, 0.1) is 0 Å². The van der Waals surface area contributed by atoms with Crippen molar-refractivity contribution in [2.24, 2.45) is 5.92 Å². The van der Waals surface area contributed by atoms with Gasteiger partial charge in [-0.15, -0.1) is 0 Å². The fourth-order valence-electron chi connectivity index (χ4n) is 2.68. The van der Waals surface area contributed by atoms with Gasteiger partial charge < -0.3 is 15.0 Å². The molecule has 2 fully saturated rings. The highest BCUT2D eigenvalue weighted by atomic mass is 16.5. The number of likely N-dealkylation sites (N-methyl/N-ethyl adjacent to an activating group) is 1. The molecule has 2 saturated heterocycles. The lowest BCUT2D eigenvalue weighted by Crippen LogP contribution is -2.38. The first-order valence-corrected chi connectivity index (χ1v) is 6.84. The maximum absolute atomic E-state index is 12.0. The molecule has 98 valence electrons. The van der Waals surface area contributed by atoms with Crippen LogP contribution in [0.1, 0.15) is 32.1 Å². The predicted octanol–water partition coefficient (Wildman–Crippen LogP) is 1.01. The monoisotopic (exact) mass is 240 g/mol. The first-order chi connectivity index (χ1) is 8.27. The largest absolute Gasteiger partial charge is 0.368 e. The second-order valence-electron chi connectivity index (χ2n) is 5.26. The summed E-state index contributed by atoms with van der Waals surface area (Å²) in [7, 11) is 1.90. The molecule has 2 heterocycles. The summed E-state index contributed by atoms with van der Waals surface area (Å²) < 4.78 is 5.42. The van der Waals surface area contributed by atoms with Gasteiger partial charge >= 0.3 is 0 Å². The summed E-state index contributed by atoms with van der Waals surface area (Å²) in [5, 5.41) is 3.41. The van der Waals surface area contributed by atoms with E-state index in [4.69, 9.17) is 4.74 Å². The van der Waals surface area contributed by atoms with E-state index in [1.165, 1.54) is 12.8 Å². The van der Waals surface area contributed by atoms with Gasteiger partial charge in [0.2, 0.25) is 0 Å². The number of nitrogens with zero attached hydrogens (tertiary/aromatic N) is 1. The number of piperidine rings is 1. The summed E-state index contributed by atoms with van der Waals surface area (Å²) in [6.45, 7) is 3.88. The van der Waals surface area contributed by atoms with Crippen molar-refractivity contribution in [2.45, 2.75) is 38.2 Å². The van der Waals surface area contributed by atoms with E-state index in [0.29, 0.717) is 0 Å². The maximum Gasteiger partial charge on any atom is 0.251 e. The van der Waals surface area contributed by atoms with Gasteiger partial charge in [0.25, 0.3) is 5.91 Å². The molecule has 2 rings (SSSR count). The van der Waals surface area contributed by atoms with Crippen LogP contribution in [-0.4, -0.2) is 50.2 Å². The number of hydrogen-bond donors (Lipinski definition) is 1. The van der Waals surface area contributed by atoms with E-state index in [9.17, 15) is 4.79 Å². The van der Waals surface area contributed by atoms with Gasteiger partial charge in [0.1, 0.15) is 6.10 Å². The molecule has 17 heavy (non-hydrogen) atoms. The van der Waals surface area contributed by atoms with Crippen molar-refractivity contribution in [3.8, 4) is 0 Å². The first-order valence-electron chi connectivity index (χ1n) is 6.84. The fourth-order valence-corrected chi connectivity index (χ4v) is 2.68. The Morgan fingerprint density at radius 1 is 1.41 bits per heavy atom. The summed E-state index contributed by atoms with van der Waals surface area (Å²) in [5.74, 6) is 0.912. The summed E-state index contributed by atoms with van der Waals surface area (Å²) >= 11 is 0. The van der Waals surface area contributed by atoms with Crippen LogP contribution in [0.4, 0.5) is 0 Å². The topological polar surface area (TPSA) is 41.6 Å². The maximum atomic E-state index is 12.0. The second kappa shape index (κ2) is 6.36. The number of carbonyl (C=O) groups is 1. The van der Waals surface area contributed by atoms with Crippen molar-refractivity contribution in [1.29, 1.82) is 0 Å². The average molecular weight is 240 g/mol. The Kier molecular flexibility index (Phi) is 4.80. The molecule has 0 aromatic rings. The zero-order chi connectivity index (χ0) is 12.1. The number of nitrogens with one attached hydrogen (secondary N) is 1. The van der Waals surface area contributed by atoms with Crippen molar-refractivity contribution in [2.75, 3.05) is 33.3 Å². The minimum absolute atomic E-state index is 0.163. The Bertz CT molecular complexity index is 246. The number of rotatable bonds is 4.